The van der Waals surface area contributed by atoms with Crippen molar-refractivity contribution in [2.45, 2.75) is 39.5 Å². The molecule has 4 rings (SSSR count). The molecule has 0 amide bonds. The highest BCUT2D eigenvalue weighted by Crippen LogP contribution is 2.45. The number of Topliss-reactive ketones (excluding diaryl/α,β-unsaturated/α-hetero) is 1. The minimum absolute atomic E-state index is 0.0668. The Morgan fingerprint density at radius 1 is 1.14 bits per heavy atom. The highest BCUT2D eigenvalue weighted by Gasteiger charge is 2.36. The van der Waals surface area contributed by atoms with E-state index in [1.807, 2.05) is 24.3 Å². The summed E-state index contributed by atoms with van der Waals surface area (Å²) in [6, 6.07) is 16.5. The van der Waals surface area contributed by atoms with E-state index in [1.54, 1.807) is 6.08 Å². The SMILES string of the molecule is C=Cc1cccc(C(=O)CC2CC(CC3C=Cc4ccccc4C3)=CC2(C)C)c1. The number of benzene rings is 2. The van der Waals surface area contributed by atoms with Gasteiger partial charge in [0.15, 0.2) is 5.78 Å². The lowest BCUT2D eigenvalue weighted by Gasteiger charge is -2.25. The van der Waals surface area contributed by atoms with Crippen LogP contribution < -0.4 is 0 Å². The molecule has 0 heterocycles. The van der Waals surface area contributed by atoms with Crippen molar-refractivity contribution in [1.82, 2.24) is 0 Å². The van der Waals surface area contributed by atoms with E-state index in [4.69, 9.17) is 0 Å². The van der Waals surface area contributed by atoms with E-state index in [9.17, 15) is 4.79 Å². The zero-order valence-electron chi connectivity index (χ0n) is 17.5. The van der Waals surface area contributed by atoms with E-state index in [0.29, 0.717) is 18.3 Å². The summed E-state index contributed by atoms with van der Waals surface area (Å²) < 4.78 is 0. The summed E-state index contributed by atoms with van der Waals surface area (Å²) in [5.74, 6) is 1.18. The standard InChI is InChI=1S/C28H30O/c1-4-20-8-7-11-25(15-20)27(29)18-26-17-22(19-28(26,2)3)14-21-12-13-23-9-5-6-10-24(23)16-21/h4-13,15,19,21,26H,1,14,16-18H2,2-3H3. The van der Waals surface area contributed by atoms with Gasteiger partial charge in [-0.2, -0.15) is 0 Å². The van der Waals surface area contributed by atoms with Crippen LogP contribution in [-0.2, 0) is 6.42 Å². The third-order valence-electron chi connectivity index (χ3n) is 6.62. The van der Waals surface area contributed by atoms with E-state index in [-0.39, 0.29) is 11.2 Å². The van der Waals surface area contributed by atoms with E-state index in [1.165, 1.54) is 16.7 Å². The third-order valence-corrected chi connectivity index (χ3v) is 6.62. The zero-order valence-corrected chi connectivity index (χ0v) is 17.5. The van der Waals surface area contributed by atoms with Gasteiger partial charge in [0, 0.05) is 12.0 Å². The van der Waals surface area contributed by atoms with Crippen LogP contribution in [-0.4, -0.2) is 5.78 Å². The van der Waals surface area contributed by atoms with Crippen molar-refractivity contribution in [2.75, 3.05) is 0 Å². The third kappa shape index (κ3) is 4.34. The number of rotatable bonds is 6. The molecule has 0 aliphatic heterocycles. The summed E-state index contributed by atoms with van der Waals surface area (Å²) in [7, 11) is 0. The topological polar surface area (TPSA) is 17.1 Å². The van der Waals surface area contributed by atoms with Crippen LogP contribution in [0, 0.1) is 17.3 Å². The maximum absolute atomic E-state index is 12.9. The molecule has 2 aromatic carbocycles. The highest BCUT2D eigenvalue weighted by atomic mass is 16.1. The number of hydrogen-bond acceptors (Lipinski definition) is 1. The summed E-state index contributed by atoms with van der Waals surface area (Å²) in [6.07, 6.45) is 12.7. The Hall–Kier alpha value is -2.67. The Balaban J connectivity index is 1.41. The predicted molar refractivity (Wildman–Crippen MR) is 123 cm³/mol. The van der Waals surface area contributed by atoms with Crippen LogP contribution >= 0.6 is 0 Å². The van der Waals surface area contributed by atoms with E-state index in [0.717, 1.165) is 30.4 Å². The smallest absolute Gasteiger partial charge is 0.163 e. The van der Waals surface area contributed by atoms with Crippen LogP contribution in [0.15, 0.2) is 72.8 Å². The quantitative estimate of drug-likeness (QED) is 0.383. The molecule has 1 heteroatoms. The second-order valence-electron chi connectivity index (χ2n) is 9.21. The molecule has 2 aliphatic carbocycles. The monoisotopic (exact) mass is 382 g/mol. The molecule has 0 radical (unpaired) electrons. The van der Waals surface area contributed by atoms with Crippen LogP contribution in [0.4, 0.5) is 0 Å². The van der Waals surface area contributed by atoms with Crippen LogP contribution in [0.2, 0.25) is 0 Å². The van der Waals surface area contributed by atoms with Gasteiger partial charge < -0.3 is 0 Å². The van der Waals surface area contributed by atoms with Crippen LogP contribution in [0.1, 0.15) is 60.2 Å². The fourth-order valence-corrected chi connectivity index (χ4v) is 4.89. The van der Waals surface area contributed by atoms with Gasteiger partial charge >= 0.3 is 0 Å². The molecule has 1 nitrogen and oxygen atoms in total. The minimum atomic E-state index is 0.0668. The minimum Gasteiger partial charge on any atom is -0.294 e. The van der Waals surface area contributed by atoms with E-state index in [2.05, 4.69) is 62.9 Å². The molecule has 0 saturated carbocycles. The van der Waals surface area contributed by atoms with Crippen molar-refractivity contribution in [3.05, 3.63) is 95.1 Å². The van der Waals surface area contributed by atoms with Gasteiger partial charge in [-0.3, -0.25) is 4.79 Å². The zero-order chi connectivity index (χ0) is 20.4. The Kier molecular flexibility index (Phi) is 5.41. The van der Waals surface area contributed by atoms with Gasteiger partial charge in [0.25, 0.3) is 0 Å². The highest BCUT2D eigenvalue weighted by molar-refractivity contribution is 5.96. The van der Waals surface area contributed by atoms with E-state index >= 15 is 0 Å². The first kappa shape index (κ1) is 19.6. The molecule has 0 aromatic heterocycles. The lowest BCUT2D eigenvalue weighted by atomic mass is 9.78. The molecular formula is C28H30O. The first-order valence-electron chi connectivity index (χ1n) is 10.7. The number of hydrogen-bond donors (Lipinski definition) is 0. The maximum atomic E-state index is 12.9. The second-order valence-corrected chi connectivity index (χ2v) is 9.21. The van der Waals surface area contributed by atoms with Gasteiger partial charge in [0.05, 0.1) is 0 Å². The molecule has 0 N–H and O–H groups in total. The van der Waals surface area contributed by atoms with Gasteiger partial charge in [-0.15, -0.1) is 0 Å². The number of carbonyl (C=O) groups excluding carboxylic acids is 1. The fourth-order valence-electron chi connectivity index (χ4n) is 4.89. The lowest BCUT2D eigenvalue weighted by molar-refractivity contribution is 0.0936. The largest absolute Gasteiger partial charge is 0.294 e. The van der Waals surface area contributed by atoms with E-state index < -0.39 is 0 Å². The fraction of sp³-hybridized carbons (Fsp3) is 0.321. The number of carbonyl (C=O) groups is 1. The molecule has 29 heavy (non-hydrogen) atoms. The van der Waals surface area contributed by atoms with Crippen molar-refractivity contribution >= 4 is 17.9 Å². The average molecular weight is 383 g/mol. The van der Waals surface area contributed by atoms with Crippen LogP contribution in [0.3, 0.4) is 0 Å². The first-order valence-corrected chi connectivity index (χ1v) is 10.7. The number of ketones is 1. The van der Waals surface area contributed by atoms with Crippen molar-refractivity contribution in [3.63, 3.8) is 0 Å². The Morgan fingerprint density at radius 2 is 1.97 bits per heavy atom. The van der Waals surface area contributed by atoms with Gasteiger partial charge in [-0.25, -0.2) is 0 Å². The van der Waals surface area contributed by atoms with Crippen LogP contribution in [0.5, 0.6) is 0 Å². The summed E-state index contributed by atoms with van der Waals surface area (Å²) in [5, 5.41) is 0. The van der Waals surface area contributed by atoms with Gasteiger partial charge in [0.1, 0.15) is 0 Å². The molecule has 0 bridgehead atoms. The Bertz CT molecular complexity index is 989. The van der Waals surface area contributed by atoms with Crippen molar-refractivity contribution in [1.29, 1.82) is 0 Å². The molecule has 2 aromatic rings. The Morgan fingerprint density at radius 3 is 2.79 bits per heavy atom. The predicted octanol–water partition coefficient (Wildman–Crippen LogP) is 7.15. The molecule has 148 valence electrons. The summed E-state index contributed by atoms with van der Waals surface area (Å²) in [5.41, 5.74) is 6.20. The van der Waals surface area contributed by atoms with Gasteiger partial charge in [-0.05, 0) is 59.3 Å². The maximum Gasteiger partial charge on any atom is 0.163 e. The molecule has 2 unspecified atom stereocenters. The average Bonchev–Trinajstić information content (AvgIpc) is 3.00. The van der Waals surface area contributed by atoms with Gasteiger partial charge in [0.2, 0.25) is 0 Å². The van der Waals surface area contributed by atoms with Crippen molar-refractivity contribution < 1.29 is 4.79 Å². The molecule has 0 fully saturated rings. The second kappa shape index (κ2) is 7.99. The van der Waals surface area contributed by atoms with Crippen molar-refractivity contribution in [2.24, 2.45) is 17.3 Å². The number of allylic oxidation sites excluding steroid dienone is 3. The van der Waals surface area contributed by atoms with Gasteiger partial charge in [-0.1, -0.05) is 92.8 Å². The summed E-state index contributed by atoms with van der Waals surface area (Å²) in [4.78, 5) is 12.9. The molecular weight excluding hydrogens is 352 g/mol. The molecule has 2 aliphatic rings. The summed E-state index contributed by atoms with van der Waals surface area (Å²) in [6.45, 7) is 8.38. The number of fused-ring (bicyclic) bond motifs is 1. The molecule has 0 saturated heterocycles. The Labute approximate surface area is 174 Å². The summed E-state index contributed by atoms with van der Waals surface area (Å²) >= 11 is 0. The van der Waals surface area contributed by atoms with Crippen molar-refractivity contribution in [3.8, 4) is 0 Å². The van der Waals surface area contributed by atoms with Crippen LogP contribution in [0.25, 0.3) is 12.2 Å². The first-order chi connectivity index (χ1) is 13.9. The lowest BCUT2D eigenvalue weighted by Crippen LogP contribution is -2.20. The molecule has 2 atom stereocenters. The molecule has 0 spiro atoms. The normalized spacial score (nSPS) is 22.1.